The molecular formula is C13H18Cl2O2. The van der Waals surface area contributed by atoms with E-state index >= 15 is 0 Å². The number of hydrogen-bond donors (Lipinski definition) is 1. The summed E-state index contributed by atoms with van der Waals surface area (Å²) in [5, 5.41) is 11.1. The second-order valence-electron chi connectivity index (χ2n) is 4.18. The second kappa shape index (κ2) is 7.22. The molecule has 2 unspecified atom stereocenters. The van der Waals surface area contributed by atoms with E-state index in [0.29, 0.717) is 22.9 Å². The van der Waals surface area contributed by atoms with Gasteiger partial charge in [-0.2, -0.15) is 0 Å². The minimum absolute atomic E-state index is 0.159. The summed E-state index contributed by atoms with van der Waals surface area (Å²) in [6.07, 6.45) is 1.70. The van der Waals surface area contributed by atoms with Gasteiger partial charge in [-0.1, -0.05) is 29.3 Å². The van der Waals surface area contributed by atoms with E-state index in [4.69, 9.17) is 27.9 Å². The van der Waals surface area contributed by atoms with Gasteiger partial charge in [0.2, 0.25) is 0 Å². The monoisotopic (exact) mass is 276 g/mol. The average molecular weight is 277 g/mol. The van der Waals surface area contributed by atoms with Crippen LogP contribution < -0.4 is 0 Å². The molecule has 96 valence electrons. The van der Waals surface area contributed by atoms with Gasteiger partial charge in [0.25, 0.3) is 0 Å². The van der Waals surface area contributed by atoms with Gasteiger partial charge in [-0.05, 0) is 37.5 Å². The number of hydrogen-bond acceptors (Lipinski definition) is 2. The zero-order valence-electron chi connectivity index (χ0n) is 10.1. The zero-order valence-corrected chi connectivity index (χ0v) is 11.6. The molecular weight excluding hydrogens is 259 g/mol. The third-order valence-electron chi connectivity index (χ3n) is 2.81. The van der Waals surface area contributed by atoms with Crippen molar-refractivity contribution in [2.75, 3.05) is 7.11 Å². The van der Waals surface area contributed by atoms with Crippen LogP contribution in [0.1, 0.15) is 25.3 Å². The van der Waals surface area contributed by atoms with Gasteiger partial charge in [-0.3, -0.25) is 0 Å². The van der Waals surface area contributed by atoms with E-state index in [0.717, 1.165) is 12.0 Å². The lowest BCUT2D eigenvalue weighted by Gasteiger charge is -2.15. The number of ether oxygens (including phenoxy) is 1. The highest BCUT2D eigenvalue weighted by atomic mass is 35.5. The Balaban J connectivity index is 2.53. The van der Waals surface area contributed by atoms with Crippen molar-refractivity contribution in [3.8, 4) is 0 Å². The van der Waals surface area contributed by atoms with Gasteiger partial charge in [-0.15, -0.1) is 0 Å². The molecule has 0 aromatic heterocycles. The van der Waals surface area contributed by atoms with Crippen molar-refractivity contribution in [3.63, 3.8) is 0 Å². The van der Waals surface area contributed by atoms with E-state index in [1.165, 1.54) is 0 Å². The van der Waals surface area contributed by atoms with Crippen molar-refractivity contribution in [1.82, 2.24) is 0 Å². The Bertz CT molecular complexity index is 335. The largest absolute Gasteiger partial charge is 0.393 e. The number of halogens is 2. The van der Waals surface area contributed by atoms with E-state index in [1.807, 2.05) is 6.92 Å². The van der Waals surface area contributed by atoms with Crippen LogP contribution in [-0.2, 0) is 11.2 Å². The van der Waals surface area contributed by atoms with Gasteiger partial charge in [0.15, 0.2) is 0 Å². The maximum absolute atomic E-state index is 9.92. The lowest BCUT2D eigenvalue weighted by molar-refractivity contribution is 0.0852. The first-order valence-electron chi connectivity index (χ1n) is 5.68. The summed E-state index contributed by atoms with van der Waals surface area (Å²) in [5.74, 6) is 0. The van der Waals surface area contributed by atoms with Gasteiger partial charge >= 0.3 is 0 Å². The Labute approximate surface area is 113 Å². The normalized spacial score (nSPS) is 14.6. The molecule has 4 heteroatoms. The average Bonchev–Trinajstić information content (AvgIpc) is 2.31. The Morgan fingerprint density at radius 2 is 1.82 bits per heavy atom. The first-order chi connectivity index (χ1) is 8.04. The number of aliphatic hydroxyl groups excluding tert-OH is 1. The number of aliphatic hydroxyl groups is 1. The summed E-state index contributed by atoms with van der Waals surface area (Å²) in [6.45, 7) is 1.98. The zero-order chi connectivity index (χ0) is 12.8. The molecule has 1 aromatic rings. The number of methoxy groups -OCH3 is 1. The van der Waals surface area contributed by atoms with Gasteiger partial charge in [0.05, 0.1) is 12.2 Å². The Morgan fingerprint density at radius 1 is 1.24 bits per heavy atom. The fraction of sp³-hybridized carbons (Fsp3) is 0.538. The molecule has 2 atom stereocenters. The van der Waals surface area contributed by atoms with E-state index < -0.39 is 6.10 Å². The molecule has 17 heavy (non-hydrogen) atoms. The van der Waals surface area contributed by atoms with Crippen LogP contribution in [-0.4, -0.2) is 24.4 Å². The Kier molecular flexibility index (Phi) is 6.28. The molecule has 2 nitrogen and oxygen atoms in total. The SMILES string of the molecule is COC(C)CCC(O)Cc1c(Cl)cccc1Cl. The van der Waals surface area contributed by atoms with Crippen LogP contribution in [0.25, 0.3) is 0 Å². The van der Waals surface area contributed by atoms with Crippen molar-refractivity contribution in [1.29, 1.82) is 0 Å². The molecule has 0 radical (unpaired) electrons. The molecule has 0 spiro atoms. The van der Waals surface area contributed by atoms with Crippen molar-refractivity contribution in [2.45, 2.75) is 38.4 Å². The maximum atomic E-state index is 9.92. The third kappa shape index (κ3) is 4.84. The molecule has 0 amide bonds. The fourth-order valence-electron chi connectivity index (χ4n) is 1.61. The molecule has 0 aliphatic heterocycles. The van der Waals surface area contributed by atoms with Crippen LogP contribution in [0.15, 0.2) is 18.2 Å². The van der Waals surface area contributed by atoms with Crippen LogP contribution in [0.5, 0.6) is 0 Å². The fourth-order valence-corrected chi connectivity index (χ4v) is 2.16. The Morgan fingerprint density at radius 3 is 2.35 bits per heavy atom. The van der Waals surface area contributed by atoms with E-state index in [9.17, 15) is 5.11 Å². The van der Waals surface area contributed by atoms with Gasteiger partial charge in [-0.25, -0.2) is 0 Å². The van der Waals surface area contributed by atoms with Crippen LogP contribution in [0, 0.1) is 0 Å². The van der Waals surface area contributed by atoms with Crippen LogP contribution >= 0.6 is 23.2 Å². The molecule has 0 bridgehead atoms. The minimum atomic E-state index is -0.440. The summed E-state index contributed by atoms with van der Waals surface area (Å²) >= 11 is 12.1. The maximum Gasteiger partial charge on any atom is 0.0582 e. The molecule has 0 aliphatic rings. The van der Waals surface area contributed by atoms with Crippen LogP contribution in [0.2, 0.25) is 10.0 Å². The summed E-state index contributed by atoms with van der Waals surface area (Å²) in [4.78, 5) is 0. The molecule has 0 fully saturated rings. The highest BCUT2D eigenvalue weighted by Gasteiger charge is 2.12. The van der Waals surface area contributed by atoms with Gasteiger partial charge < -0.3 is 9.84 Å². The van der Waals surface area contributed by atoms with E-state index in [-0.39, 0.29) is 6.10 Å². The Hall–Kier alpha value is -0.280. The molecule has 0 saturated carbocycles. The smallest absolute Gasteiger partial charge is 0.0582 e. The minimum Gasteiger partial charge on any atom is -0.393 e. The third-order valence-corrected chi connectivity index (χ3v) is 3.52. The first kappa shape index (κ1) is 14.8. The molecule has 1 N–H and O–H groups in total. The predicted octanol–water partition coefficient (Wildman–Crippen LogP) is 3.71. The molecule has 0 saturated heterocycles. The molecule has 0 aliphatic carbocycles. The molecule has 0 heterocycles. The van der Waals surface area contributed by atoms with Crippen molar-refractivity contribution in [2.24, 2.45) is 0 Å². The summed E-state index contributed by atoms with van der Waals surface area (Å²) in [7, 11) is 1.67. The summed E-state index contributed by atoms with van der Waals surface area (Å²) in [5.41, 5.74) is 0.813. The second-order valence-corrected chi connectivity index (χ2v) is 5.00. The number of benzene rings is 1. The number of rotatable bonds is 6. The van der Waals surface area contributed by atoms with Crippen molar-refractivity contribution >= 4 is 23.2 Å². The van der Waals surface area contributed by atoms with E-state index in [2.05, 4.69) is 0 Å². The quantitative estimate of drug-likeness (QED) is 0.858. The highest BCUT2D eigenvalue weighted by Crippen LogP contribution is 2.26. The lowest BCUT2D eigenvalue weighted by Crippen LogP contribution is -2.15. The lowest BCUT2D eigenvalue weighted by atomic mass is 10.0. The highest BCUT2D eigenvalue weighted by molar-refractivity contribution is 6.35. The van der Waals surface area contributed by atoms with Crippen LogP contribution in [0.4, 0.5) is 0 Å². The molecule has 1 rings (SSSR count). The van der Waals surface area contributed by atoms with Crippen molar-refractivity contribution < 1.29 is 9.84 Å². The summed E-state index contributed by atoms with van der Waals surface area (Å²) in [6, 6.07) is 5.37. The first-order valence-corrected chi connectivity index (χ1v) is 6.44. The summed E-state index contributed by atoms with van der Waals surface area (Å²) < 4.78 is 5.13. The van der Waals surface area contributed by atoms with Crippen LogP contribution in [0.3, 0.4) is 0 Å². The van der Waals surface area contributed by atoms with Gasteiger partial charge in [0.1, 0.15) is 0 Å². The van der Waals surface area contributed by atoms with Crippen molar-refractivity contribution in [3.05, 3.63) is 33.8 Å². The predicted molar refractivity (Wildman–Crippen MR) is 71.9 cm³/mol. The molecule has 1 aromatic carbocycles. The van der Waals surface area contributed by atoms with E-state index in [1.54, 1.807) is 25.3 Å². The standard InChI is InChI=1S/C13H18Cl2O2/c1-9(17-2)6-7-10(16)8-11-12(14)4-3-5-13(11)15/h3-5,9-10,16H,6-8H2,1-2H3. The van der Waals surface area contributed by atoms with Gasteiger partial charge in [0, 0.05) is 23.6 Å². The topological polar surface area (TPSA) is 29.5 Å².